The van der Waals surface area contributed by atoms with Crippen LogP contribution in [0.5, 0.6) is 0 Å². The molecule has 0 unspecified atom stereocenters. The fraction of sp³-hybridized carbons (Fsp3) is 0.364. The molecule has 1 rings (SSSR count). The number of amidine groups is 1. The number of hydrogen-bond donors (Lipinski definition) is 2. The number of nitrogen functional groups attached to an aromatic ring is 1. The Kier molecular flexibility index (Phi) is 4.64. The van der Waals surface area contributed by atoms with Crippen molar-refractivity contribution in [3.05, 3.63) is 35.1 Å². The smallest absolute Gasteiger partial charge is 0.384 e. The number of nitrogens with two attached hydrogens (primary N) is 1. The molecule has 0 saturated heterocycles. The summed E-state index contributed by atoms with van der Waals surface area (Å²) in [5.41, 5.74) is 4.52. The molecule has 3 N–H and O–H groups in total. The molecule has 0 radical (unpaired) electrons. The molecule has 0 saturated carbocycles. The van der Waals surface area contributed by atoms with E-state index < -0.39 is 37.0 Å². The fourth-order valence-electron chi connectivity index (χ4n) is 1.27. The minimum absolute atomic E-state index is 0.268. The van der Waals surface area contributed by atoms with Crippen LogP contribution in [0.25, 0.3) is 0 Å². The zero-order valence-electron chi connectivity index (χ0n) is 9.90. The van der Waals surface area contributed by atoms with Gasteiger partial charge in [0.2, 0.25) is 0 Å². The first-order valence-corrected chi connectivity index (χ1v) is 5.20. The van der Waals surface area contributed by atoms with Gasteiger partial charge >= 0.3 is 12.1 Å². The van der Waals surface area contributed by atoms with Gasteiger partial charge in [0.15, 0.2) is 0 Å². The van der Waals surface area contributed by atoms with Crippen molar-refractivity contribution in [2.45, 2.75) is 18.7 Å². The quantitative estimate of drug-likeness (QED) is 0.499. The SMILES string of the molecule is N=C(N)c1cccc(COCC(F)(F)C(F)(F)F)c1F. The van der Waals surface area contributed by atoms with E-state index in [1.54, 1.807) is 0 Å². The van der Waals surface area contributed by atoms with Crippen molar-refractivity contribution in [2.75, 3.05) is 6.61 Å². The second kappa shape index (κ2) is 5.70. The molecule has 0 heterocycles. The predicted octanol–water partition coefficient (Wildman–Crippen LogP) is 2.82. The zero-order valence-corrected chi connectivity index (χ0v) is 9.90. The second-order valence-electron chi connectivity index (χ2n) is 3.89. The highest BCUT2D eigenvalue weighted by atomic mass is 19.4. The highest BCUT2D eigenvalue weighted by Gasteiger charge is 2.57. The van der Waals surface area contributed by atoms with Crippen LogP contribution in [-0.2, 0) is 11.3 Å². The van der Waals surface area contributed by atoms with Crippen molar-refractivity contribution < 1.29 is 31.1 Å². The summed E-state index contributed by atoms with van der Waals surface area (Å²) < 4.78 is 78.5. The third-order valence-electron chi connectivity index (χ3n) is 2.32. The van der Waals surface area contributed by atoms with E-state index in [2.05, 4.69) is 4.74 Å². The van der Waals surface area contributed by atoms with Gasteiger partial charge in [-0.1, -0.05) is 12.1 Å². The van der Waals surface area contributed by atoms with Crippen molar-refractivity contribution in [2.24, 2.45) is 5.73 Å². The lowest BCUT2D eigenvalue weighted by atomic mass is 10.1. The van der Waals surface area contributed by atoms with E-state index in [4.69, 9.17) is 11.1 Å². The first-order valence-electron chi connectivity index (χ1n) is 5.20. The van der Waals surface area contributed by atoms with Crippen molar-refractivity contribution in [3.8, 4) is 0 Å². The van der Waals surface area contributed by atoms with Gasteiger partial charge in [0.25, 0.3) is 0 Å². The molecule has 0 aromatic heterocycles. The van der Waals surface area contributed by atoms with Crippen LogP contribution in [0.1, 0.15) is 11.1 Å². The van der Waals surface area contributed by atoms with Gasteiger partial charge in [0, 0.05) is 5.56 Å². The molecule has 9 heteroatoms. The van der Waals surface area contributed by atoms with Gasteiger partial charge in [-0.05, 0) is 6.07 Å². The number of ether oxygens (including phenoxy) is 1. The minimum atomic E-state index is -5.73. The van der Waals surface area contributed by atoms with Gasteiger partial charge < -0.3 is 10.5 Å². The molecule has 0 aliphatic heterocycles. The molecule has 0 bridgehead atoms. The number of benzene rings is 1. The van der Waals surface area contributed by atoms with Gasteiger partial charge in [0.1, 0.15) is 18.3 Å². The van der Waals surface area contributed by atoms with Gasteiger partial charge in [-0.3, -0.25) is 5.41 Å². The number of nitrogens with one attached hydrogen (secondary N) is 1. The monoisotopic (exact) mass is 300 g/mol. The molecule has 20 heavy (non-hydrogen) atoms. The van der Waals surface area contributed by atoms with Crippen molar-refractivity contribution >= 4 is 5.84 Å². The van der Waals surface area contributed by atoms with Gasteiger partial charge in [-0.2, -0.15) is 22.0 Å². The molecule has 0 amide bonds. The lowest BCUT2D eigenvalue weighted by molar-refractivity contribution is -0.297. The summed E-state index contributed by atoms with van der Waals surface area (Å²) in [4.78, 5) is 0. The zero-order chi connectivity index (χ0) is 15.6. The Morgan fingerprint density at radius 1 is 1.20 bits per heavy atom. The Bertz CT molecular complexity index is 500. The highest BCUT2D eigenvalue weighted by molar-refractivity contribution is 5.95. The molecular weight excluding hydrogens is 290 g/mol. The highest BCUT2D eigenvalue weighted by Crippen LogP contribution is 2.35. The van der Waals surface area contributed by atoms with Crippen LogP contribution in [0.4, 0.5) is 26.3 Å². The average molecular weight is 300 g/mol. The summed E-state index contributed by atoms with van der Waals surface area (Å²) in [5.74, 6) is -6.60. The van der Waals surface area contributed by atoms with Crippen molar-refractivity contribution in [1.29, 1.82) is 5.41 Å². The second-order valence-corrected chi connectivity index (χ2v) is 3.89. The third kappa shape index (κ3) is 3.62. The van der Waals surface area contributed by atoms with Crippen LogP contribution in [-0.4, -0.2) is 24.5 Å². The maximum absolute atomic E-state index is 13.7. The summed E-state index contributed by atoms with van der Waals surface area (Å²) in [7, 11) is 0. The Hall–Kier alpha value is -1.77. The maximum Gasteiger partial charge on any atom is 0.455 e. The number of hydrogen-bond acceptors (Lipinski definition) is 2. The Balaban J connectivity index is 2.73. The van der Waals surface area contributed by atoms with Crippen molar-refractivity contribution in [1.82, 2.24) is 0 Å². The predicted molar refractivity (Wildman–Crippen MR) is 58.1 cm³/mol. The third-order valence-corrected chi connectivity index (χ3v) is 2.32. The molecule has 0 fully saturated rings. The first-order chi connectivity index (χ1) is 9.06. The van der Waals surface area contributed by atoms with Gasteiger partial charge in [-0.25, -0.2) is 4.39 Å². The Morgan fingerprint density at radius 2 is 1.80 bits per heavy atom. The lowest BCUT2D eigenvalue weighted by Gasteiger charge is -2.19. The summed E-state index contributed by atoms with van der Waals surface area (Å²) in [6, 6.07) is 3.58. The van der Waals surface area contributed by atoms with E-state index in [0.29, 0.717) is 0 Å². The van der Waals surface area contributed by atoms with Crippen LogP contribution < -0.4 is 5.73 Å². The molecule has 0 aliphatic rings. The number of alkyl halides is 5. The molecule has 1 aromatic rings. The van der Waals surface area contributed by atoms with E-state index in [9.17, 15) is 26.3 Å². The van der Waals surface area contributed by atoms with Crippen LogP contribution in [0.2, 0.25) is 0 Å². The summed E-state index contributed by atoms with van der Waals surface area (Å²) in [6.07, 6.45) is -5.73. The van der Waals surface area contributed by atoms with Gasteiger partial charge in [0.05, 0.1) is 12.2 Å². The fourth-order valence-corrected chi connectivity index (χ4v) is 1.27. The Morgan fingerprint density at radius 3 is 2.30 bits per heavy atom. The van der Waals surface area contributed by atoms with Gasteiger partial charge in [-0.15, -0.1) is 0 Å². The number of halogens is 6. The average Bonchev–Trinajstić information content (AvgIpc) is 2.29. The van der Waals surface area contributed by atoms with Crippen LogP contribution in [0.3, 0.4) is 0 Å². The summed E-state index contributed by atoms with van der Waals surface area (Å²) in [5, 5.41) is 7.06. The van der Waals surface area contributed by atoms with E-state index in [0.717, 1.165) is 6.07 Å². The van der Waals surface area contributed by atoms with Crippen LogP contribution in [0, 0.1) is 11.2 Å². The van der Waals surface area contributed by atoms with E-state index in [-0.39, 0.29) is 11.1 Å². The number of rotatable bonds is 5. The maximum atomic E-state index is 13.7. The molecule has 112 valence electrons. The summed E-state index contributed by atoms with van der Waals surface area (Å²) in [6.45, 7) is -2.71. The van der Waals surface area contributed by atoms with E-state index >= 15 is 0 Å². The first kappa shape index (κ1) is 16.3. The molecule has 0 aliphatic carbocycles. The largest absolute Gasteiger partial charge is 0.455 e. The van der Waals surface area contributed by atoms with E-state index in [1.807, 2.05) is 0 Å². The van der Waals surface area contributed by atoms with E-state index in [1.165, 1.54) is 12.1 Å². The van der Waals surface area contributed by atoms with Crippen molar-refractivity contribution in [3.63, 3.8) is 0 Å². The molecular formula is C11H10F6N2O. The minimum Gasteiger partial charge on any atom is -0.384 e. The van der Waals surface area contributed by atoms with Crippen LogP contribution >= 0.6 is 0 Å². The molecule has 0 spiro atoms. The Labute approximate surface area is 109 Å². The molecule has 3 nitrogen and oxygen atoms in total. The molecule has 1 aromatic carbocycles. The topological polar surface area (TPSA) is 59.1 Å². The standard InChI is InChI=1S/C11H10F6N2O/c12-8-6(2-1-3-7(8)9(18)19)4-20-5-10(13,14)11(15,16)17/h1-3H,4-5H2,(H3,18,19). The summed E-state index contributed by atoms with van der Waals surface area (Å²) >= 11 is 0. The normalized spacial score (nSPS) is 12.5. The van der Waals surface area contributed by atoms with Crippen LogP contribution in [0.15, 0.2) is 18.2 Å². The molecule has 0 atom stereocenters. The lowest BCUT2D eigenvalue weighted by Crippen LogP contribution is -2.40.